The first-order valence-corrected chi connectivity index (χ1v) is 4.32. The van der Waals surface area contributed by atoms with Crippen LogP contribution in [-0.2, 0) is 4.79 Å². The smallest absolute Gasteiger partial charge is 0.152 e. The predicted octanol–water partition coefficient (Wildman–Crippen LogP) is 2.71. The van der Waals surface area contributed by atoms with E-state index in [0.29, 0.717) is 5.41 Å². The van der Waals surface area contributed by atoms with Crippen LogP contribution in [0.25, 0.3) is 0 Å². The normalized spacial score (nSPS) is 22.7. The minimum Gasteiger partial charge on any atom is -0.295 e. The summed E-state index contributed by atoms with van der Waals surface area (Å²) in [5.41, 5.74) is 0.325. The van der Waals surface area contributed by atoms with E-state index in [1.54, 1.807) is 13.0 Å². The minimum atomic E-state index is 0.165. The Morgan fingerprint density at radius 1 is 1.36 bits per heavy atom. The van der Waals surface area contributed by atoms with Crippen molar-refractivity contribution < 1.29 is 4.79 Å². The summed E-state index contributed by atoms with van der Waals surface area (Å²) in [7, 11) is 0. The van der Waals surface area contributed by atoms with Gasteiger partial charge in [0, 0.05) is 0 Å². The monoisotopic (exact) mass is 152 g/mol. The highest BCUT2D eigenvalue weighted by Gasteiger charge is 2.25. The first-order chi connectivity index (χ1) is 5.12. The summed E-state index contributed by atoms with van der Waals surface area (Å²) in [5.74, 6) is 0.165. The van der Waals surface area contributed by atoms with Gasteiger partial charge in [-0.3, -0.25) is 4.79 Å². The van der Waals surface area contributed by atoms with Crippen LogP contribution in [0.2, 0.25) is 0 Å². The van der Waals surface area contributed by atoms with Crippen molar-refractivity contribution in [1.82, 2.24) is 0 Å². The molecule has 0 atom stereocenters. The fourth-order valence-electron chi connectivity index (χ4n) is 1.67. The molecule has 1 rings (SSSR count). The Morgan fingerprint density at radius 3 is 2.36 bits per heavy atom. The third kappa shape index (κ3) is 2.49. The SMILES string of the molecule is CC(=O)/C=C/C1(C)CCCC1. The van der Waals surface area contributed by atoms with Gasteiger partial charge in [0.15, 0.2) is 5.78 Å². The molecule has 0 bridgehead atoms. The Labute approximate surface area is 68.5 Å². The number of ketones is 1. The van der Waals surface area contributed by atoms with Gasteiger partial charge >= 0.3 is 0 Å². The highest BCUT2D eigenvalue weighted by molar-refractivity contribution is 5.87. The van der Waals surface area contributed by atoms with Crippen molar-refractivity contribution in [1.29, 1.82) is 0 Å². The van der Waals surface area contributed by atoms with Gasteiger partial charge in [-0.1, -0.05) is 25.8 Å². The van der Waals surface area contributed by atoms with Gasteiger partial charge < -0.3 is 0 Å². The molecular weight excluding hydrogens is 136 g/mol. The minimum absolute atomic E-state index is 0.165. The van der Waals surface area contributed by atoms with Gasteiger partial charge in [-0.2, -0.15) is 0 Å². The highest BCUT2D eigenvalue weighted by Crippen LogP contribution is 2.38. The lowest BCUT2D eigenvalue weighted by molar-refractivity contribution is -0.112. The Hall–Kier alpha value is -0.590. The third-order valence-electron chi connectivity index (χ3n) is 2.47. The van der Waals surface area contributed by atoms with Crippen LogP contribution in [0.15, 0.2) is 12.2 Å². The van der Waals surface area contributed by atoms with Crippen LogP contribution in [0, 0.1) is 5.41 Å². The Morgan fingerprint density at radius 2 is 1.91 bits per heavy atom. The van der Waals surface area contributed by atoms with E-state index in [4.69, 9.17) is 0 Å². The molecule has 0 amide bonds. The summed E-state index contributed by atoms with van der Waals surface area (Å²) in [4.78, 5) is 10.7. The lowest BCUT2D eigenvalue weighted by atomic mass is 9.88. The zero-order chi connectivity index (χ0) is 8.32. The maximum Gasteiger partial charge on any atom is 0.152 e. The van der Waals surface area contributed by atoms with Crippen molar-refractivity contribution in [3.05, 3.63) is 12.2 Å². The molecule has 0 aliphatic heterocycles. The number of rotatable bonds is 2. The molecule has 0 aromatic carbocycles. The molecule has 0 heterocycles. The molecule has 1 aliphatic rings. The van der Waals surface area contributed by atoms with E-state index in [1.165, 1.54) is 25.7 Å². The summed E-state index contributed by atoms with van der Waals surface area (Å²) < 4.78 is 0. The van der Waals surface area contributed by atoms with E-state index in [1.807, 2.05) is 0 Å². The number of carbonyl (C=O) groups is 1. The Balaban J connectivity index is 2.52. The first-order valence-electron chi connectivity index (χ1n) is 4.32. The van der Waals surface area contributed by atoms with Crippen LogP contribution in [0.4, 0.5) is 0 Å². The van der Waals surface area contributed by atoms with Crippen molar-refractivity contribution in [2.45, 2.75) is 39.5 Å². The molecule has 0 saturated heterocycles. The van der Waals surface area contributed by atoms with Gasteiger partial charge in [0.05, 0.1) is 0 Å². The zero-order valence-corrected chi connectivity index (χ0v) is 7.39. The topological polar surface area (TPSA) is 17.1 Å². The standard InChI is InChI=1S/C10H16O/c1-9(11)5-8-10(2)6-3-4-7-10/h5,8H,3-4,6-7H2,1-2H3/b8-5+. The number of hydrogen-bond acceptors (Lipinski definition) is 1. The van der Waals surface area contributed by atoms with E-state index in [-0.39, 0.29) is 5.78 Å². The summed E-state index contributed by atoms with van der Waals surface area (Å²) >= 11 is 0. The lowest BCUT2D eigenvalue weighted by Gasteiger charge is -2.17. The van der Waals surface area contributed by atoms with Crippen molar-refractivity contribution in [3.63, 3.8) is 0 Å². The molecule has 0 aromatic rings. The van der Waals surface area contributed by atoms with Crippen LogP contribution in [0.3, 0.4) is 0 Å². The van der Waals surface area contributed by atoms with Gasteiger partial charge in [-0.05, 0) is 31.3 Å². The van der Waals surface area contributed by atoms with E-state index >= 15 is 0 Å². The molecular formula is C10H16O. The summed E-state index contributed by atoms with van der Waals surface area (Å²) in [6.45, 7) is 3.84. The van der Waals surface area contributed by atoms with E-state index in [0.717, 1.165) is 0 Å². The van der Waals surface area contributed by atoms with Crippen LogP contribution in [-0.4, -0.2) is 5.78 Å². The van der Waals surface area contributed by atoms with Crippen LogP contribution < -0.4 is 0 Å². The second kappa shape index (κ2) is 3.21. The fourth-order valence-corrected chi connectivity index (χ4v) is 1.67. The molecule has 11 heavy (non-hydrogen) atoms. The molecule has 1 fully saturated rings. The fraction of sp³-hybridized carbons (Fsp3) is 0.700. The number of allylic oxidation sites excluding steroid dienone is 2. The van der Waals surface area contributed by atoms with Gasteiger partial charge in [-0.25, -0.2) is 0 Å². The highest BCUT2D eigenvalue weighted by atomic mass is 16.1. The van der Waals surface area contributed by atoms with Gasteiger partial charge in [0.25, 0.3) is 0 Å². The largest absolute Gasteiger partial charge is 0.295 e. The second-order valence-corrected chi connectivity index (χ2v) is 3.81. The predicted molar refractivity (Wildman–Crippen MR) is 46.4 cm³/mol. The van der Waals surface area contributed by atoms with Crippen molar-refractivity contribution in [2.75, 3.05) is 0 Å². The van der Waals surface area contributed by atoms with Gasteiger partial charge in [-0.15, -0.1) is 0 Å². The average Bonchev–Trinajstić information content (AvgIpc) is 2.33. The molecule has 1 nitrogen and oxygen atoms in total. The van der Waals surface area contributed by atoms with Crippen molar-refractivity contribution in [2.24, 2.45) is 5.41 Å². The van der Waals surface area contributed by atoms with Crippen molar-refractivity contribution in [3.8, 4) is 0 Å². The molecule has 0 N–H and O–H groups in total. The van der Waals surface area contributed by atoms with E-state index in [9.17, 15) is 4.79 Å². The number of hydrogen-bond donors (Lipinski definition) is 0. The molecule has 0 unspecified atom stereocenters. The van der Waals surface area contributed by atoms with E-state index < -0.39 is 0 Å². The van der Waals surface area contributed by atoms with Crippen molar-refractivity contribution >= 4 is 5.78 Å². The summed E-state index contributed by atoms with van der Waals surface area (Å²) in [5, 5.41) is 0. The van der Waals surface area contributed by atoms with Crippen LogP contribution in [0.5, 0.6) is 0 Å². The molecule has 0 spiro atoms. The number of carbonyl (C=O) groups excluding carboxylic acids is 1. The summed E-state index contributed by atoms with van der Waals surface area (Å²) in [6, 6.07) is 0. The Bertz CT molecular complexity index is 173. The molecule has 1 aliphatic carbocycles. The first kappa shape index (κ1) is 8.51. The second-order valence-electron chi connectivity index (χ2n) is 3.81. The maximum absolute atomic E-state index is 10.7. The quantitative estimate of drug-likeness (QED) is 0.556. The molecule has 0 radical (unpaired) electrons. The molecule has 62 valence electrons. The zero-order valence-electron chi connectivity index (χ0n) is 7.39. The van der Waals surface area contributed by atoms with Crippen LogP contribution >= 0.6 is 0 Å². The van der Waals surface area contributed by atoms with Gasteiger partial charge in [0.1, 0.15) is 0 Å². The Kier molecular flexibility index (Phi) is 2.48. The lowest BCUT2D eigenvalue weighted by Crippen LogP contribution is -2.06. The van der Waals surface area contributed by atoms with Gasteiger partial charge in [0.2, 0.25) is 0 Å². The average molecular weight is 152 g/mol. The van der Waals surface area contributed by atoms with Crippen LogP contribution in [0.1, 0.15) is 39.5 Å². The third-order valence-corrected chi connectivity index (χ3v) is 2.47. The van der Waals surface area contributed by atoms with E-state index in [2.05, 4.69) is 13.0 Å². The summed E-state index contributed by atoms with van der Waals surface area (Å²) in [6.07, 6.45) is 8.93. The molecule has 1 saturated carbocycles. The maximum atomic E-state index is 10.7. The molecule has 0 aromatic heterocycles. The molecule has 1 heteroatoms.